The number of hydrogen-bond donors (Lipinski definition) is 2. The van der Waals surface area contributed by atoms with Gasteiger partial charge in [0.2, 0.25) is 0 Å². The molecule has 1 heterocycles. The van der Waals surface area contributed by atoms with Crippen molar-refractivity contribution in [1.82, 2.24) is 15.3 Å². The molecule has 1 amide bonds. The summed E-state index contributed by atoms with van der Waals surface area (Å²) in [7, 11) is 0. The van der Waals surface area contributed by atoms with Gasteiger partial charge in [-0.2, -0.15) is 0 Å². The molecular formula is C15H16FN3O3. The van der Waals surface area contributed by atoms with Crippen molar-refractivity contribution in [2.45, 2.75) is 26.3 Å². The lowest BCUT2D eigenvalue weighted by atomic mass is 9.94. The van der Waals surface area contributed by atoms with Crippen LogP contribution in [0, 0.1) is 6.92 Å². The molecule has 2 rings (SSSR count). The Hall–Kier alpha value is -2.70. The molecule has 0 radical (unpaired) electrons. The van der Waals surface area contributed by atoms with Crippen LogP contribution in [0.5, 0.6) is 5.75 Å². The fourth-order valence-electron chi connectivity index (χ4n) is 2.04. The van der Waals surface area contributed by atoms with E-state index in [1.165, 1.54) is 12.1 Å². The van der Waals surface area contributed by atoms with Crippen molar-refractivity contribution < 1.29 is 14.3 Å². The van der Waals surface area contributed by atoms with Crippen LogP contribution in [0.25, 0.3) is 0 Å². The smallest absolute Gasteiger partial charge is 0.270 e. The summed E-state index contributed by atoms with van der Waals surface area (Å²) in [5, 5.41) is 2.79. The Morgan fingerprint density at radius 3 is 2.50 bits per heavy atom. The van der Waals surface area contributed by atoms with E-state index in [1.807, 2.05) is 0 Å². The zero-order chi connectivity index (χ0) is 16.3. The van der Waals surface area contributed by atoms with Gasteiger partial charge in [-0.25, -0.2) is 4.98 Å². The molecule has 0 atom stereocenters. The second-order valence-corrected chi connectivity index (χ2v) is 5.40. The maximum Gasteiger partial charge on any atom is 0.270 e. The lowest BCUT2D eigenvalue weighted by molar-refractivity contribution is -0.00624. The van der Waals surface area contributed by atoms with Crippen LogP contribution in [0.4, 0.5) is 4.53 Å². The van der Waals surface area contributed by atoms with Crippen molar-refractivity contribution in [3.63, 3.8) is 0 Å². The molecule has 0 bridgehead atoms. The van der Waals surface area contributed by atoms with Crippen LogP contribution in [0.2, 0.25) is 0 Å². The molecule has 0 aliphatic carbocycles. The van der Waals surface area contributed by atoms with Gasteiger partial charge in [-0.05, 0) is 38.5 Å². The van der Waals surface area contributed by atoms with Gasteiger partial charge >= 0.3 is 0 Å². The zero-order valence-electron chi connectivity index (χ0n) is 12.4. The number of amides is 1. The standard InChI is InChI=1S/C15H16FN3O3/c1-9-17-12(8-13(20)18-9)14(21)19-15(2,3)10-4-6-11(22-16)7-5-10/h4-8H,1-3H3,(H,19,21)(H,17,18,20). The number of benzene rings is 1. The van der Waals surface area contributed by atoms with E-state index in [0.717, 1.165) is 11.6 Å². The lowest BCUT2D eigenvalue weighted by Gasteiger charge is -2.26. The molecule has 0 unspecified atom stereocenters. The summed E-state index contributed by atoms with van der Waals surface area (Å²) in [5.41, 5.74) is -0.328. The first-order chi connectivity index (χ1) is 10.3. The quantitative estimate of drug-likeness (QED) is 0.905. The summed E-state index contributed by atoms with van der Waals surface area (Å²) in [6.45, 7) is 5.17. The number of carbonyl (C=O) groups is 1. The third-order valence-electron chi connectivity index (χ3n) is 3.18. The number of aryl methyl sites for hydroxylation is 1. The number of hydrogen-bond acceptors (Lipinski definition) is 4. The van der Waals surface area contributed by atoms with Crippen molar-refractivity contribution in [2.24, 2.45) is 0 Å². The van der Waals surface area contributed by atoms with Gasteiger partial charge in [0.25, 0.3) is 11.5 Å². The van der Waals surface area contributed by atoms with E-state index >= 15 is 0 Å². The highest BCUT2D eigenvalue weighted by molar-refractivity contribution is 5.92. The van der Waals surface area contributed by atoms with E-state index in [-0.39, 0.29) is 17.0 Å². The van der Waals surface area contributed by atoms with Crippen LogP contribution >= 0.6 is 0 Å². The molecule has 0 fully saturated rings. The minimum atomic E-state index is -0.732. The minimum Gasteiger partial charge on any atom is -0.342 e. The minimum absolute atomic E-state index is 0.0398. The first-order valence-electron chi connectivity index (χ1n) is 6.61. The lowest BCUT2D eigenvalue weighted by Crippen LogP contribution is -2.41. The topological polar surface area (TPSA) is 84.1 Å². The van der Waals surface area contributed by atoms with Gasteiger partial charge in [0.05, 0.1) is 5.54 Å². The molecular weight excluding hydrogens is 289 g/mol. The average molecular weight is 305 g/mol. The van der Waals surface area contributed by atoms with Crippen molar-refractivity contribution in [2.75, 3.05) is 0 Å². The Bertz CT molecular complexity index is 738. The number of nitrogens with one attached hydrogen (secondary N) is 2. The maximum atomic E-state index is 12.3. The number of rotatable bonds is 4. The molecule has 0 aliphatic rings. The van der Waals surface area contributed by atoms with Crippen molar-refractivity contribution in [3.05, 3.63) is 57.8 Å². The summed E-state index contributed by atoms with van der Waals surface area (Å²) in [5.74, 6) is -0.0253. The van der Waals surface area contributed by atoms with Crippen molar-refractivity contribution >= 4 is 5.91 Å². The van der Waals surface area contributed by atoms with Gasteiger partial charge < -0.3 is 10.3 Å². The highest BCUT2D eigenvalue weighted by Gasteiger charge is 2.24. The molecule has 22 heavy (non-hydrogen) atoms. The molecule has 1 aromatic carbocycles. The molecule has 0 saturated heterocycles. The second kappa shape index (κ2) is 5.97. The van der Waals surface area contributed by atoms with E-state index < -0.39 is 11.4 Å². The molecule has 116 valence electrons. The van der Waals surface area contributed by atoms with Gasteiger partial charge in [-0.3, -0.25) is 14.5 Å². The Kier molecular flexibility index (Phi) is 4.25. The van der Waals surface area contributed by atoms with Crippen LogP contribution in [-0.4, -0.2) is 15.9 Å². The molecule has 7 heteroatoms. The highest BCUT2D eigenvalue weighted by atomic mass is 19.3. The van der Waals surface area contributed by atoms with E-state index in [1.54, 1.807) is 32.9 Å². The average Bonchev–Trinajstić information content (AvgIpc) is 2.46. The van der Waals surface area contributed by atoms with E-state index in [2.05, 4.69) is 20.2 Å². The summed E-state index contributed by atoms with van der Waals surface area (Å²) < 4.78 is 12.1. The molecule has 1 aromatic heterocycles. The van der Waals surface area contributed by atoms with Crippen molar-refractivity contribution in [1.29, 1.82) is 0 Å². The van der Waals surface area contributed by atoms with Crippen LogP contribution in [-0.2, 0) is 5.54 Å². The molecule has 0 saturated carbocycles. The van der Waals surface area contributed by atoms with Gasteiger partial charge in [-0.1, -0.05) is 12.1 Å². The number of H-pyrrole nitrogens is 1. The summed E-state index contributed by atoms with van der Waals surface area (Å²) in [6, 6.07) is 7.34. The van der Waals surface area contributed by atoms with Crippen LogP contribution in [0.15, 0.2) is 35.1 Å². The van der Waals surface area contributed by atoms with Gasteiger partial charge in [0.15, 0.2) is 5.75 Å². The molecule has 0 spiro atoms. The summed E-state index contributed by atoms with van der Waals surface area (Å²) in [4.78, 5) is 33.7. The third kappa shape index (κ3) is 3.49. The van der Waals surface area contributed by atoms with Crippen molar-refractivity contribution in [3.8, 4) is 5.75 Å². The largest absolute Gasteiger partial charge is 0.342 e. The number of carbonyl (C=O) groups excluding carboxylic acids is 1. The highest BCUT2D eigenvalue weighted by Crippen LogP contribution is 2.23. The molecule has 6 nitrogen and oxygen atoms in total. The third-order valence-corrected chi connectivity index (χ3v) is 3.18. The van der Waals surface area contributed by atoms with Crippen LogP contribution in [0.3, 0.4) is 0 Å². The van der Waals surface area contributed by atoms with Crippen LogP contribution < -0.4 is 15.8 Å². The predicted octanol–water partition coefficient (Wildman–Crippen LogP) is 2.01. The second-order valence-electron chi connectivity index (χ2n) is 5.40. The monoisotopic (exact) mass is 305 g/mol. The van der Waals surface area contributed by atoms with Gasteiger partial charge in [-0.15, -0.1) is 0 Å². The Morgan fingerprint density at radius 2 is 1.95 bits per heavy atom. The van der Waals surface area contributed by atoms with Gasteiger partial charge in [0, 0.05) is 10.6 Å². The predicted molar refractivity (Wildman–Crippen MR) is 78.3 cm³/mol. The molecule has 0 aliphatic heterocycles. The SMILES string of the molecule is Cc1nc(C(=O)NC(C)(C)c2ccc(OF)cc2)cc(=O)[nH]1. The van der Waals surface area contributed by atoms with E-state index in [0.29, 0.717) is 5.82 Å². The fourth-order valence-corrected chi connectivity index (χ4v) is 2.04. The summed E-state index contributed by atoms with van der Waals surface area (Å²) >= 11 is 0. The van der Waals surface area contributed by atoms with E-state index in [9.17, 15) is 14.1 Å². The normalized spacial score (nSPS) is 11.1. The zero-order valence-corrected chi connectivity index (χ0v) is 12.4. The van der Waals surface area contributed by atoms with E-state index in [4.69, 9.17) is 0 Å². The number of aromatic nitrogens is 2. The Morgan fingerprint density at radius 1 is 1.32 bits per heavy atom. The Balaban J connectivity index is 2.22. The number of aromatic amines is 1. The maximum absolute atomic E-state index is 12.3. The Labute approximate surface area is 126 Å². The number of nitrogens with zero attached hydrogens (tertiary/aromatic N) is 1. The first kappa shape index (κ1) is 15.7. The van der Waals surface area contributed by atoms with Gasteiger partial charge in [0.1, 0.15) is 11.5 Å². The fraction of sp³-hybridized carbons (Fsp3) is 0.267. The first-order valence-corrected chi connectivity index (χ1v) is 6.61. The number of halogens is 1. The molecule has 2 N–H and O–H groups in total. The van der Waals surface area contributed by atoms with Crippen LogP contribution in [0.1, 0.15) is 35.7 Å². The summed E-state index contributed by atoms with van der Waals surface area (Å²) in [6.07, 6.45) is 0. The molecule has 2 aromatic rings.